The zero-order chi connectivity index (χ0) is 82.3. The molecule has 8 heterocycles. The zero-order valence-electron chi connectivity index (χ0n) is 71.3. The molecule has 20 aromatic rings. The summed E-state index contributed by atoms with van der Waals surface area (Å²) in [5.74, 6) is 0. The van der Waals surface area contributed by atoms with Crippen molar-refractivity contribution in [3.8, 4) is 22.5 Å². The average Bonchev–Trinajstić information content (AvgIpc) is 1.55. The van der Waals surface area contributed by atoms with Gasteiger partial charge in [-0.3, -0.25) is 17.6 Å². The van der Waals surface area contributed by atoms with Gasteiger partial charge in [0, 0.05) is 64.3 Å². The topological polar surface area (TPSA) is 69.2 Å². The van der Waals surface area contributed by atoms with Gasteiger partial charge in [0.2, 0.25) is 0 Å². The molecule has 4 aliphatic rings. The largest absolute Gasteiger partial charge is 0.292 e. The van der Waals surface area contributed by atoms with Crippen molar-refractivity contribution in [3.63, 3.8) is 0 Å². The quantitative estimate of drug-likeness (QED) is 0.162. The second-order valence-corrected chi connectivity index (χ2v) is 27.8. The van der Waals surface area contributed by atoms with Crippen LogP contribution in [0, 0.1) is 0 Å². The fourth-order valence-corrected chi connectivity index (χ4v) is 17.4. The molecule has 12 aromatic carbocycles. The summed E-state index contributed by atoms with van der Waals surface area (Å²) in [4.78, 5) is 20.4. The Bertz CT molecular complexity index is 7610. The van der Waals surface area contributed by atoms with Crippen molar-refractivity contribution in [3.05, 3.63) is 309 Å². The minimum atomic E-state index is 1.04. The van der Waals surface area contributed by atoms with E-state index in [0.717, 1.165) is 107 Å². The van der Waals surface area contributed by atoms with Crippen LogP contribution < -0.4 is 41.7 Å². The number of imidazole rings is 4. The minimum absolute atomic E-state index is 1.04. The molecule has 0 spiro atoms. The molecule has 0 atom stereocenters. The number of benzene rings is 12. The van der Waals surface area contributed by atoms with Crippen molar-refractivity contribution < 1.29 is 0 Å². The summed E-state index contributed by atoms with van der Waals surface area (Å²) < 4.78 is 9.40. The number of pyridine rings is 4. The summed E-state index contributed by atoms with van der Waals surface area (Å²) in [5.41, 5.74) is 20.5. The number of para-hydroxylation sites is 6. The summed E-state index contributed by atoms with van der Waals surface area (Å²) >= 11 is 0. The lowest BCUT2D eigenvalue weighted by Gasteiger charge is -2.11. The van der Waals surface area contributed by atoms with Crippen LogP contribution in [0.25, 0.3) is 203 Å². The van der Waals surface area contributed by atoms with Gasteiger partial charge in [-0.2, -0.15) is 0 Å². The molecule has 8 aromatic heterocycles. The Morgan fingerprint density at radius 2 is 0.517 bits per heavy atom. The smallest absolute Gasteiger partial charge is 0.146 e. The standard InChI is InChI=1S/C27H18N2.C27H20N2.C23H16N2.C19H14N2.7C2H6/c1-4-13-21-17(9-1)18-10-2-5-14-22(18)26-25(21)28-27-23-15-6-3-11-19(23)20-12-7-8-16-24(20)29(26)27;1-3-11-19(12-4-1)25-26(20-13-5-2-6-14-20)29-24-18-10-9-16-22(24)21-15-7-8-17-23(21)27(29)28-25;1-2-8-16-14-22-20(13-15(16)7-1)24-23-19-11-4-3-9-17(19)18-10-5-6-12-21(18)25(22)23;1-2-9-15-13(7-1)14-8-3-5-11-17(14)21-18-12-6-4-10-16(18)20-19(15)21;7*1-2/h1-2,4-5,7-16H,3,6H2;1-6,9-18H,7-8H2;1-2,5-14H,3-4H2;3-12H,1-2H2;7*1-2H3. The molecular formula is C110H110N8. The van der Waals surface area contributed by atoms with Crippen LogP contribution in [-0.2, 0) is 0 Å². The number of aromatic nitrogens is 8. The Labute approximate surface area is 692 Å². The van der Waals surface area contributed by atoms with E-state index >= 15 is 0 Å². The van der Waals surface area contributed by atoms with Crippen molar-refractivity contribution in [2.45, 2.75) is 148 Å². The SMILES string of the molecule is C1=c2c(c3nc(-c4ccccc4)c(-c4ccccc4)n3c3ccccc23)=CCC1.C1=c2c(c3nc4c5ccccc5c5ccccc5c4n3c3ccccc23)=CCC1.C1=c2c(c3nc4cc5ccccc5cc4n3c3ccccc23)=CCC1.C1=c2c(c3nc4ccccc4n3c3ccccc23)=CCC1.CC.CC.CC.CC.CC.CC.CC. The third-order valence-corrected chi connectivity index (χ3v) is 21.9. The number of fused-ring (bicyclic) bond motifs is 36. The Morgan fingerprint density at radius 1 is 0.212 bits per heavy atom. The van der Waals surface area contributed by atoms with Gasteiger partial charge < -0.3 is 0 Å². The third-order valence-electron chi connectivity index (χ3n) is 21.9. The van der Waals surface area contributed by atoms with E-state index in [-0.39, 0.29) is 0 Å². The summed E-state index contributed by atoms with van der Waals surface area (Å²) in [7, 11) is 0. The van der Waals surface area contributed by atoms with E-state index < -0.39 is 0 Å². The summed E-state index contributed by atoms with van der Waals surface area (Å²) in [6.07, 6.45) is 27.6. The van der Waals surface area contributed by atoms with E-state index in [9.17, 15) is 0 Å². The predicted octanol–water partition coefficient (Wildman–Crippen LogP) is 24.8. The maximum Gasteiger partial charge on any atom is 0.146 e. The lowest BCUT2D eigenvalue weighted by molar-refractivity contribution is 1.11. The molecule has 8 heteroatoms. The van der Waals surface area contributed by atoms with Gasteiger partial charge in [-0.05, 0) is 142 Å². The number of hydrogen-bond donors (Lipinski definition) is 0. The average molecular weight is 1540 g/mol. The molecule has 0 radical (unpaired) electrons. The highest BCUT2D eigenvalue weighted by Gasteiger charge is 2.23. The van der Waals surface area contributed by atoms with E-state index in [4.69, 9.17) is 19.9 Å². The van der Waals surface area contributed by atoms with Crippen LogP contribution in [0.3, 0.4) is 0 Å². The first-order chi connectivity index (χ1) is 58.7. The number of nitrogens with zero attached hydrogens (tertiary/aromatic N) is 8. The van der Waals surface area contributed by atoms with Crippen LogP contribution in [0.5, 0.6) is 0 Å². The van der Waals surface area contributed by atoms with Crippen LogP contribution in [-0.4, -0.2) is 37.5 Å². The maximum absolute atomic E-state index is 5.27. The third kappa shape index (κ3) is 14.6. The summed E-state index contributed by atoms with van der Waals surface area (Å²) in [5, 5.41) is 23.2. The fourth-order valence-electron chi connectivity index (χ4n) is 17.4. The monoisotopic (exact) mass is 1540 g/mol. The molecular weight excluding hydrogens is 1430 g/mol. The van der Waals surface area contributed by atoms with Crippen molar-refractivity contribution in [2.75, 3.05) is 0 Å². The second kappa shape index (κ2) is 37.7. The lowest BCUT2D eigenvalue weighted by atomic mass is 10.00. The first-order valence-electron chi connectivity index (χ1n) is 43.6. The van der Waals surface area contributed by atoms with E-state index in [2.05, 4.69) is 333 Å². The molecule has 0 saturated heterocycles. The Hall–Kier alpha value is -13.0. The van der Waals surface area contributed by atoms with Crippen molar-refractivity contribution in [1.29, 1.82) is 0 Å². The molecule has 0 saturated carbocycles. The van der Waals surface area contributed by atoms with Crippen molar-refractivity contribution in [1.82, 2.24) is 37.5 Å². The first kappa shape index (κ1) is 81.5. The second-order valence-electron chi connectivity index (χ2n) is 27.8. The van der Waals surface area contributed by atoms with Crippen LogP contribution in [0.2, 0.25) is 0 Å². The molecule has 0 bridgehead atoms. The minimum Gasteiger partial charge on any atom is -0.292 e. The molecule has 0 fully saturated rings. The van der Waals surface area contributed by atoms with Crippen molar-refractivity contribution in [2.24, 2.45) is 0 Å². The van der Waals surface area contributed by atoms with E-state index in [1.54, 1.807) is 0 Å². The van der Waals surface area contributed by atoms with Gasteiger partial charge in [-0.25, -0.2) is 19.9 Å². The number of rotatable bonds is 2. The van der Waals surface area contributed by atoms with E-state index in [0.29, 0.717) is 0 Å². The summed E-state index contributed by atoms with van der Waals surface area (Å²) in [6.45, 7) is 28.0. The first-order valence-corrected chi connectivity index (χ1v) is 43.6. The van der Waals surface area contributed by atoms with Crippen LogP contribution in [0.15, 0.2) is 267 Å². The predicted molar refractivity (Wildman–Crippen MR) is 516 cm³/mol. The highest BCUT2D eigenvalue weighted by molar-refractivity contribution is 6.24. The van der Waals surface area contributed by atoms with Crippen LogP contribution in [0.1, 0.15) is 148 Å². The van der Waals surface area contributed by atoms with Gasteiger partial charge in [0.15, 0.2) is 0 Å². The molecule has 0 amide bonds. The molecule has 0 N–H and O–H groups in total. The lowest BCUT2D eigenvalue weighted by Crippen LogP contribution is -2.30. The van der Waals surface area contributed by atoms with Crippen molar-refractivity contribution >= 4 is 180 Å². The maximum atomic E-state index is 5.27. The van der Waals surface area contributed by atoms with Gasteiger partial charge in [0.05, 0.1) is 66.6 Å². The zero-order valence-corrected chi connectivity index (χ0v) is 71.3. The molecule has 24 rings (SSSR count). The van der Waals surface area contributed by atoms with Gasteiger partial charge in [0.1, 0.15) is 22.6 Å². The number of hydrogen-bond acceptors (Lipinski definition) is 4. The molecule has 118 heavy (non-hydrogen) atoms. The molecule has 0 aliphatic heterocycles. The van der Waals surface area contributed by atoms with Gasteiger partial charge in [0.25, 0.3) is 0 Å². The molecule has 590 valence electrons. The van der Waals surface area contributed by atoms with E-state index in [1.807, 2.05) is 96.9 Å². The Balaban J connectivity index is 0.000000124. The highest BCUT2D eigenvalue weighted by Crippen LogP contribution is 2.38. The highest BCUT2D eigenvalue weighted by atomic mass is 15.0. The Morgan fingerprint density at radius 3 is 0.975 bits per heavy atom. The van der Waals surface area contributed by atoms with Crippen LogP contribution in [0.4, 0.5) is 0 Å². The fraction of sp³-hybridized carbons (Fsp3) is 0.200. The molecule has 8 nitrogen and oxygen atoms in total. The van der Waals surface area contributed by atoms with Gasteiger partial charge >= 0.3 is 0 Å². The normalized spacial score (nSPS) is 12.4. The van der Waals surface area contributed by atoms with Gasteiger partial charge in [-0.1, -0.05) is 364 Å². The Kier molecular flexibility index (Phi) is 26.1. The van der Waals surface area contributed by atoms with Gasteiger partial charge in [-0.15, -0.1) is 0 Å². The molecule has 0 unspecified atom stereocenters. The van der Waals surface area contributed by atoms with Crippen LogP contribution >= 0.6 is 0 Å². The van der Waals surface area contributed by atoms with E-state index in [1.165, 1.54) is 140 Å². The summed E-state index contributed by atoms with van der Waals surface area (Å²) in [6, 6.07) is 94.8. The molecule has 4 aliphatic carbocycles.